The number of rotatable bonds is 5. The number of hydrogen-bond acceptors (Lipinski definition) is 8. The van der Waals surface area contributed by atoms with Crippen LogP contribution in [-0.2, 0) is 9.47 Å². The van der Waals surface area contributed by atoms with E-state index in [0.29, 0.717) is 34.6 Å². The molecule has 168 valence electrons. The molecule has 0 radical (unpaired) electrons. The van der Waals surface area contributed by atoms with Crippen LogP contribution in [0.25, 0.3) is 11.2 Å². The number of aromatic amines is 1. The van der Waals surface area contributed by atoms with Gasteiger partial charge < -0.3 is 34.5 Å². The van der Waals surface area contributed by atoms with E-state index in [9.17, 15) is 5.11 Å². The number of nitrogens with zero attached hydrogens (tertiary/aromatic N) is 3. The fraction of sp³-hybridized carbons (Fsp3) is 0.455. The van der Waals surface area contributed by atoms with E-state index in [4.69, 9.17) is 25.8 Å². The van der Waals surface area contributed by atoms with Crippen molar-refractivity contribution in [2.24, 2.45) is 0 Å². The molecule has 0 spiro atoms. The maximum Gasteiger partial charge on any atom is 0.296 e. The van der Waals surface area contributed by atoms with Gasteiger partial charge >= 0.3 is 0 Å². The number of hydrogen-bond donors (Lipinski definition) is 3. The molecule has 3 N–H and O–H groups in total. The summed E-state index contributed by atoms with van der Waals surface area (Å²) in [5.74, 6) is 0.614. The van der Waals surface area contributed by atoms with Crippen LogP contribution in [0, 0.1) is 0 Å². The van der Waals surface area contributed by atoms with Crippen LogP contribution in [0.5, 0.6) is 6.01 Å². The number of pyridine rings is 1. The van der Waals surface area contributed by atoms with E-state index in [-0.39, 0.29) is 31.0 Å². The minimum atomic E-state index is -0.619. The maximum atomic E-state index is 9.89. The van der Waals surface area contributed by atoms with Gasteiger partial charge in [0.2, 0.25) is 0 Å². The first kappa shape index (κ1) is 20.0. The Kier molecular flexibility index (Phi) is 5.06. The van der Waals surface area contributed by atoms with E-state index in [1.807, 2.05) is 6.07 Å². The molecule has 5 heterocycles. The fourth-order valence-corrected chi connectivity index (χ4v) is 4.89. The molecule has 1 unspecified atom stereocenters. The molecular formula is C22H24ClN5O4. The van der Waals surface area contributed by atoms with Crippen molar-refractivity contribution >= 4 is 34.3 Å². The summed E-state index contributed by atoms with van der Waals surface area (Å²) in [6.07, 6.45) is -0.618. The van der Waals surface area contributed by atoms with Gasteiger partial charge in [-0.05, 0) is 24.6 Å². The number of benzene rings is 1. The van der Waals surface area contributed by atoms with Gasteiger partial charge in [0.15, 0.2) is 11.8 Å². The highest BCUT2D eigenvalue weighted by Crippen LogP contribution is 2.31. The van der Waals surface area contributed by atoms with E-state index < -0.39 is 6.10 Å². The van der Waals surface area contributed by atoms with E-state index >= 15 is 0 Å². The van der Waals surface area contributed by atoms with Crippen LogP contribution < -0.4 is 15.0 Å². The maximum absolute atomic E-state index is 9.89. The van der Waals surface area contributed by atoms with Crippen molar-refractivity contribution in [1.29, 1.82) is 0 Å². The average molecular weight is 458 g/mol. The van der Waals surface area contributed by atoms with Gasteiger partial charge in [-0.3, -0.25) is 0 Å². The minimum absolute atomic E-state index is 0.242. The van der Waals surface area contributed by atoms with Gasteiger partial charge in [0, 0.05) is 24.8 Å². The van der Waals surface area contributed by atoms with Crippen molar-refractivity contribution in [2.75, 3.05) is 36.5 Å². The molecule has 5 atom stereocenters. The normalized spacial score (nSPS) is 29.6. The summed E-state index contributed by atoms with van der Waals surface area (Å²) in [5.41, 5.74) is 2.43. The second kappa shape index (κ2) is 8.08. The van der Waals surface area contributed by atoms with Crippen LogP contribution in [0.15, 0.2) is 36.4 Å². The van der Waals surface area contributed by atoms with Crippen molar-refractivity contribution in [2.45, 2.75) is 36.9 Å². The largest absolute Gasteiger partial charge is 0.456 e. The number of anilines is 2. The Bertz CT molecular complexity index is 1110. The van der Waals surface area contributed by atoms with E-state index in [1.165, 1.54) is 5.69 Å². The number of imidazole rings is 1. The van der Waals surface area contributed by atoms with Crippen LogP contribution in [0.2, 0.25) is 5.02 Å². The summed E-state index contributed by atoms with van der Waals surface area (Å²) in [7, 11) is 0. The Morgan fingerprint density at radius 2 is 2.00 bits per heavy atom. The summed E-state index contributed by atoms with van der Waals surface area (Å²) < 4.78 is 17.2. The molecule has 3 aliphatic heterocycles. The van der Waals surface area contributed by atoms with Crippen molar-refractivity contribution in [3.8, 4) is 6.01 Å². The molecule has 0 bridgehead atoms. The fourth-order valence-electron chi connectivity index (χ4n) is 4.69. The van der Waals surface area contributed by atoms with Crippen molar-refractivity contribution in [3.05, 3.63) is 41.4 Å². The Hall–Kier alpha value is -2.59. The number of aliphatic hydroxyl groups is 1. The third kappa shape index (κ3) is 3.65. The lowest BCUT2D eigenvalue weighted by Gasteiger charge is -2.19. The Morgan fingerprint density at radius 1 is 1.16 bits per heavy atom. The molecule has 3 aliphatic rings. The molecule has 0 aliphatic carbocycles. The second-order valence-electron chi connectivity index (χ2n) is 8.46. The highest BCUT2D eigenvalue weighted by molar-refractivity contribution is 6.33. The molecule has 6 rings (SSSR count). The van der Waals surface area contributed by atoms with E-state index in [1.54, 1.807) is 6.07 Å². The number of ether oxygens (including phenoxy) is 3. The first-order valence-electron chi connectivity index (χ1n) is 10.8. The monoisotopic (exact) mass is 457 g/mol. The Labute approximate surface area is 189 Å². The first-order valence-corrected chi connectivity index (χ1v) is 11.2. The van der Waals surface area contributed by atoms with Gasteiger partial charge in [0.1, 0.15) is 24.1 Å². The number of H-pyrrole nitrogens is 1. The first-order chi connectivity index (χ1) is 15.6. The van der Waals surface area contributed by atoms with Crippen molar-refractivity contribution in [3.63, 3.8) is 0 Å². The SMILES string of the molecule is O[C@@H]1CO[C@H]2[C@@H]1OC[C@H]2Oc1nc2nc(NC3CCN(c4ccccc4)C3)c(Cl)cc2[nH]1. The number of aromatic nitrogens is 3. The van der Waals surface area contributed by atoms with Gasteiger partial charge in [-0.1, -0.05) is 29.8 Å². The van der Waals surface area contributed by atoms with Gasteiger partial charge in [-0.15, -0.1) is 0 Å². The molecule has 32 heavy (non-hydrogen) atoms. The number of aliphatic hydroxyl groups excluding tert-OH is 1. The predicted octanol–water partition coefficient (Wildman–Crippen LogP) is 2.21. The summed E-state index contributed by atoms with van der Waals surface area (Å²) >= 11 is 6.51. The lowest BCUT2D eigenvalue weighted by molar-refractivity contribution is 0.00706. The quantitative estimate of drug-likeness (QED) is 0.535. The molecule has 10 heteroatoms. The van der Waals surface area contributed by atoms with E-state index in [0.717, 1.165) is 19.5 Å². The Balaban J connectivity index is 1.15. The number of para-hydroxylation sites is 1. The zero-order valence-electron chi connectivity index (χ0n) is 17.3. The zero-order chi connectivity index (χ0) is 21.7. The molecule has 0 amide bonds. The topological polar surface area (TPSA) is 105 Å². The van der Waals surface area contributed by atoms with Crippen LogP contribution >= 0.6 is 11.6 Å². The van der Waals surface area contributed by atoms with Crippen LogP contribution in [0.1, 0.15) is 6.42 Å². The van der Waals surface area contributed by atoms with Gasteiger partial charge in [-0.2, -0.15) is 4.98 Å². The van der Waals surface area contributed by atoms with Crippen molar-refractivity contribution in [1.82, 2.24) is 15.0 Å². The summed E-state index contributed by atoms with van der Waals surface area (Å²) in [5, 5.41) is 13.9. The van der Waals surface area contributed by atoms with Gasteiger partial charge in [0.05, 0.1) is 23.8 Å². The Morgan fingerprint density at radius 3 is 2.88 bits per heavy atom. The highest BCUT2D eigenvalue weighted by atomic mass is 35.5. The summed E-state index contributed by atoms with van der Waals surface area (Å²) in [4.78, 5) is 14.6. The molecule has 9 nitrogen and oxygen atoms in total. The van der Waals surface area contributed by atoms with Crippen LogP contribution in [0.4, 0.5) is 11.5 Å². The molecular weight excluding hydrogens is 434 g/mol. The van der Waals surface area contributed by atoms with Gasteiger partial charge in [-0.25, -0.2) is 4.98 Å². The number of halogens is 1. The lowest BCUT2D eigenvalue weighted by Crippen LogP contribution is -2.34. The predicted molar refractivity (Wildman–Crippen MR) is 119 cm³/mol. The molecule has 3 fully saturated rings. The lowest BCUT2D eigenvalue weighted by atomic mass is 10.1. The third-order valence-corrected chi connectivity index (χ3v) is 6.59. The molecule has 1 aromatic carbocycles. The average Bonchev–Trinajstić information content (AvgIpc) is 3.57. The molecule has 2 aromatic heterocycles. The highest BCUT2D eigenvalue weighted by Gasteiger charge is 2.48. The zero-order valence-corrected chi connectivity index (χ0v) is 18.0. The van der Waals surface area contributed by atoms with Crippen LogP contribution in [-0.4, -0.2) is 76.8 Å². The molecule has 0 saturated carbocycles. The summed E-state index contributed by atoms with van der Waals surface area (Å²) in [6, 6.07) is 12.8. The standard InChI is InChI=1S/C22H24ClN5O4/c23-14-8-15-21(27-22(25-15)32-17-11-31-18-16(29)10-30-19(17)18)26-20(14)24-12-6-7-28(9-12)13-4-2-1-3-5-13/h1-5,8,12,16-19,29H,6-7,9-11H2,(H2,24,25,26,27)/t12?,16-,17-,18-,19-/m1/s1. The number of fused-ring (bicyclic) bond motifs is 2. The minimum Gasteiger partial charge on any atom is -0.456 e. The smallest absolute Gasteiger partial charge is 0.296 e. The second-order valence-corrected chi connectivity index (χ2v) is 8.87. The summed E-state index contributed by atoms with van der Waals surface area (Å²) in [6.45, 7) is 2.45. The van der Waals surface area contributed by atoms with E-state index in [2.05, 4.69) is 49.4 Å². The van der Waals surface area contributed by atoms with Crippen molar-refractivity contribution < 1.29 is 19.3 Å². The van der Waals surface area contributed by atoms with Gasteiger partial charge in [0.25, 0.3) is 6.01 Å². The van der Waals surface area contributed by atoms with Crippen LogP contribution in [0.3, 0.4) is 0 Å². The molecule has 3 saturated heterocycles. The number of nitrogens with one attached hydrogen (secondary N) is 2. The molecule has 3 aromatic rings. The third-order valence-electron chi connectivity index (χ3n) is 6.30.